The largest absolute Gasteiger partial charge is 2.00 e. The second-order valence-electron chi connectivity index (χ2n) is 2.73. The van der Waals surface area contributed by atoms with Gasteiger partial charge in [-0.05, 0) is 26.0 Å². The quantitative estimate of drug-likeness (QED) is 0.382. The molecule has 0 aliphatic carbocycles. The Hall–Kier alpha value is -0.0995. The fourth-order valence-electron chi connectivity index (χ4n) is 0.572. The predicted molar refractivity (Wildman–Crippen MR) is 54.6 cm³/mol. The van der Waals surface area contributed by atoms with Crippen molar-refractivity contribution in [3.63, 3.8) is 0 Å². The Morgan fingerprint density at radius 1 is 0.800 bits per heavy atom. The molecule has 0 amide bonds. The molecule has 0 saturated carbocycles. The molecule has 0 fully saturated rings. The van der Waals surface area contributed by atoms with Crippen molar-refractivity contribution < 1.29 is 19.8 Å². The third-order valence-corrected chi connectivity index (χ3v) is 0.813. The van der Waals surface area contributed by atoms with Crippen LogP contribution in [0.2, 0.25) is 0 Å². The van der Waals surface area contributed by atoms with E-state index >= 15 is 0 Å². The van der Waals surface area contributed by atoms with E-state index in [9.17, 15) is 19.8 Å². The number of allylic oxidation sites excluding steroid dienone is 4. The summed E-state index contributed by atoms with van der Waals surface area (Å²) in [6.07, 6.45) is 2.11. The van der Waals surface area contributed by atoms with Crippen molar-refractivity contribution in [3.8, 4) is 0 Å². The molecule has 0 saturated heterocycles. The summed E-state index contributed by atoms with van der Waals surface area (Å²) in [5.41, 5.74) is 0. The van der Waals surface area contributed by atoms with Gasteiger partial charge in [-0.1, -0.05) is 13.8 Å². The second kappa shape index (κ2) is 12.0. The van der Waals surface area contributed by atoms with Crippen molar-refractivity contribution >= 4 is 57.0 Å². The molecule has 0 bridgehead atoms. The predicted octanol–water partition coefficient (Wildman–Crippen LogP) is -0.702. The molecule has 0 spiro atoms. The van der Waals surface area contributed by atoms with Gasteiger partial charge in [-0.3, -0.25) is 9.59 Å². The van der Waals surface area contributed by atoms with Gasteiger partial charge in [0.25, 0.3) is 0 Å². The van der Waals surface area contributed by atoms with Crippen LogP contribution in [-0.2, 0) is 9.59 Å². The Labute approximate surface area is 127 Å². The first kappa shape index (κ1) is 20.3. The van der Waals surface area contributed by atoms with Gasteiger partial charge in [0.1, 0.15) is 0 Å². The Morgan fingerprint density at radius 3 is 1.00 bits per heavy atom. The van der Waals surface area contributed by atoms with Crippen molar-refractivity contribution in [1.29, 1.82) is 0 Å². The molecule has 15 heavy (non-hydrogen) atoms. The fraction of sp³-hybridized carbons (Fsp3) is 0.400. The first-order valence-corrected chi connectivity index (χ1v) is 3.97. The second-order valence-corrected chi connectivity index (χ2v) is 2.73. The summed E-state index contributed by atoms with van der Waals surface area (Å²) < 4.78 is 0. The zero-order chi connectivity index (χ0) is 11.7. The number of hydrogen-bond acceptors (Lipinski definition) is 4. The third kappa shape index (κ3) is 31.5. The standard InChI is InChI=1S/2C5H8O2.Sr/c2*1-4(6)3-5(2)7;/h2*3,6H,1-2H3;/q;;+2/p-2/b2*4-3+;. The van der Waals surface area contributed by atoms with Crippen LogP contribution in [0, 0.1) is 0 Å². The van der Waals surface area contributed by atoms with Crippen LogP contribution in [0.25, 0.3) is 0 Å². The molecule has 0 aromatic carbocycles. The maximum absolute atomic E-state index is 9.98. The minimum Gasteiger partial charge on any atom is -0.876 e. The van der Waals surface area contributed by atoms with Gasteiger partial charge in [-0.25, -0.2) is 0 Å². The fourth-order valence-corrected chi connectivity index (χ4v) is 0.572. The summed E-state index contributed by atoms with van der Waals surface area (Å²) in [5, 5.41) is 20.0. The van der Waals surface area contributed by atoms with Crippen molar-refractivity contribution in [2.75, 3.05) is 0 Å². The number of carbonyl (C=O) groups is 2. The van der Waals surface area contributed by atoms with Gasteiger partial charge < -0.3 is 10.2 Å². The molecule has 80 valence electrons. The van der Waals surface area contributed by atoms with Crippen LogP contribution in [0.3, 0.4) is 0 Å². The van der Waals surface area contributed by atoms with E-state index in [1.54, 1.807) is 0 Å². The van der Waals surface area contributed by atoms with Crippen LogP contribution >= 0.6 is 0 Å². The van der Waals surface area contributed by atoms with E-state index in [2.05, 4.69) is 0 Å². The van der Waals surface area contributed by atoms with Crippen LogP contribution in [0.15, 0.2) is 23.7 Å². The minimum absolute atomic E-state index is 0. The van der Waals surface area contributed by atoms with Gasteiger partial charge in [0.05, 0.1) is 0 Å². The maximum atomic E-state index is 9.98. The summed E-state index contributed by atoms with van der Waals surface area (Å²) >= 11 is 0. The Kier molecular flexibility index (Phi) is 16.2. The zero-order valence-electron chi connectivity index (χ0n) is 9.49. The smallest absolute Gasteiger partial charge is 0.876 e. The Bertz CT molecular complexity index is 231. The van der Waals surface area contributed by atoms with E-state index in [4.69, 9.17) is 0 Å². The SMILES string of the molecule is CC(=O)/C=C(\C)[O-].CC(=O)/C=C(\C)[O-].[Sr+2]. The van der Waals surface area contributed by atoms with E-state index in [1.807, 2.05) is 0 Å². The van der Waals surface area contributed by atoms with Gasteiger partial charge in [0.15, 0.2) is 11.6 Å². The van der Waals surface area contributed by atoms with Gasteiger partial charge >= 0.3 is 45.5 Å². The van der Waals surface area contributed by atoms with E-state index < -0.39 is 0 Å². The number of ketones is 2. The van der Waals surface area contributed by atoms with Crippen LogP contribution in [0.5, 0.6) is 0 Å². The van der Waals surface area contributed by atoms with Crippen LogP contribution in [0.4, 0.5) is 0 Å². The molecule has 4 nitrogen and oxygen atoms in total. The average molecular weight is 286 g/mol. The first-order valence-electron chi connectivity index (χ1n) is 3.97. The molecule has 0 rings (SSSR count). The van der Waals surface area contributed by atoms with Gasteiger partial charge in [-0.15, -0.1) is 11.5 Å². The number of carbonyl (C=O) groups excluding carboxylic acids is 2. The van der Waals surface area contributed by atoms with Crippen LogP contribution in [0.1, 0.15) is 27.7 Å². The summed E-state index contributed by atoms with van der Waals surface area (Å²) in [7, 11) is 0. The molecule has 0 aliphatic rings. The molecule has 5 heteroatoms. The van der Waals surface area contributed by atoms with Crippen molar-refractivity contribution in [2.24, 2.45) is 0 Å². The molecule has 0 atom stereocenters. The minimum atomic E-state index is -0.187. The van der Waals surface area contributed by atoms with Gasteiger partial charge in [0, 0.05) is 0 Å². The first-order chi connectivity index (χ1) is 6.25. The summed E-state index contributed by atoms with van der Waals surface area (Å²) in [6, 6.07) is 0. The molecule has 0 N–H and O–H groups in total. The number of hydrogen-bond donors (Lipinski definition) is 0. The summed E-state index contributed by atoms with van der Waals surface area (Å²) in [5.74, 6) is -0.750. The van der Waals surface area contributed by atoms with E-state index in [1.165, 1.54) is 27.7 Å². The molecule has 0 unspecified atom stereocenters. The Balaban J connectivity index is -0.000000180. The molecule has 0 aliphatic heterocycles. The van der Waals surface area contributed by atoms with E-state index in [0.29, 0.717) is 0 Å². The zero-order valence-corrected chi connectivity index (χ0v) is 13.0. The molecular formula is C10H14O4Sr. The molecular weight excluding hydrogens is 272 g/mol. The Morgan fingerprint density at radius 2 is 1.00 bits per heavy atom. The van der Waals surface area contributed by atoms with Crippen LogP contribution in [-0.4, -0.2) is 57.0 Å². The summed E-state index contributed by atoms with van der Waals surface area (Å²) in [6.45, 7) is 5.39. The van der Waals surface area contributed by atoms with E-state index in [-0.39, 0.29) is 68.6 Å². The molecule has 0 aromatic heterocycles. The van der Waals surface area contributed by atoms with Crippen LogP contribution < -0.4 is 10.2 Å². The monoisotopic (exact) mass is 286 g/mol. The van der Waals surface area contributed by atoms with Gasteiger partial charge in [-0.2, -0.15) is 0 Å². The summed E-state index contributed by atoms with van der Waals surface area (Å²) in [4.78, 5) is 20.0. The number of rotatable bonds is 2. The van der Waals surface area contributed by atoms with Crippen molar-refractivity contribution in [1.82, 2.24) is 0 Å². The van der Waals surface area contributed by atoms with Crippen molar-refractivity contribution in [2.45, 2.75) is 27.7 Å². The maximum Gasteiger partial charge on any atom is 2.00 e. The third-order valence-electron chi connectivity index (χ3n) is 0.813. The normalized spacial score (nSPS) is 10.7. The van der Waals surface area contributed by atoms with E-state index in [0.717, 1.165) is 12.2 Å². The molecule has 0 heterocycles. The molecule has 0 aromatic rings. The molecule has 0 radical (unpaired) electrons. The topological polar surface area (TPSA) is 80.3 Å². The van der Waals surface area contributed by atoms with Gasteiger partial charge in [0.2, 0.25) is 0 Å². The van der Waals surface area contributed by atoms with Crippen molar-refractivity contribution in [3.05, 3.63) is 23.7 Å². The average Bonchev–Trinajstić information content (AvgIpc) is 1.79.